The predicted molar refractivity (Wildman–Crippen MR) is 59.2 cm³/mol. The molecule has 2 nitrogen and oxygen atoms in total. The Bertz CT molecular complexity index is 422. The third-order valence-corrected chi connectivity index (χ3v) is 2.46. The van der Waals surface area contributed by atoms with Crippen LogP contribution in [0.5, 0.6) is 0 Å². The van der Waals surface area contributed by atoms with Crippen molar-refractivity contribution in [2.75, 3.05) is 11.4 Å². The Morgan fingerprint density at radius 1 is 1.31 bits per heavy atom. The summed E-state index contributed by atoms with van der Waals surface area (Å²) in [5.41, 5.74) is -0.0601. The fourth-order valence-corrected chi connectivity index (χ4v) is 1.66. The third-order valence-electron chi connectivity index (χ3n) is 2.46. The Morgan fingerprint density at radius 3 is 2.38 bits per heavy atom. The Balaban J connectivity index is 3.27. The molecule has 1 aromatic carbocycles. The van der Waals surface area contributed by atoms with E-state index in [1.54, 1.807) is 11.0 Å². The molecule has 0 heterocycles. The zero-order valence-electron chi connectivity index (χ0n) is 9.59. The molecule has 0 aliphatic heterocycles. The number of rotatable bonds is 3. The van der Waals surface area contributed by atoms with Gasteiger partial charge in [0.05, 0.1) is 11.3 Å². The third kappa shape index (κ3) is 2.13. The number of anilines is 1. The molecule has 0 amide bonds. The second-order valence-electron chi connectivity index (χ2n) is 3.75. The van der Waals surface area contributed by atoms with Crippen LogP contribution in [0.25, 0.3) is 0 Å². The van der Waals surface area contributed by atoms with Gasteiger partial charge in [-0.3, -0.25) is 0 Å². The van der Waals surface area contributed by atoms with E-state index in [4.69, 9.17) is 5.26 Å². The maximum Gasteiger partial charge on any atom is 0.183 e. The summed E-state index contributed by atoms with van der Waals surface area (Å²) in [7, 11) is 0. The average molecular weight is 224 g/mol. The summed E-state index contributed by atoms with van der Waals surface area (Å²) in [6.45, 7) is 6.26. The maximum atomic E-state index is 13.7. The van der Waals surface area contributed by atoms with Crippen molar-refractivity contribution in [1.82, 2.24) is 0 Å². The van der Waals surface area contributed by atoms with Crippen molar-refractivity contribution in [2.24, 2.45) is 0 Å². The first-order chi connectivity index (χ1) is 7.52. The van der Waals surface area contributed by atoms with Gasteiger partial charge >= 0.3 is 0 Å². The first-order valence-corrected chi connectivity index (χ1v) is 5.17. The summed E-state index contributed by atoms with van der Waals surface area (Å²) in [6.07, 6.45) is 0. The molecular formula is C12H14F2N2. The topological polar surface area (TPSA) is 27.0 Å². The molecule has 0 unspecified atom stereocenters. The van der Waals surface area contributed by atoms with Crippen LogP contribution in [-0.2, 0) is 0 Å². The van der Waals surface area contributed by atoms with Crippen LogP contribution >= 0.6 is 0 Å². The fourth-order valence-electron chi connectivity index (χ4n) is 1.66. The average Bonchev–Trinajstić information content (AvgIpc) is 2.25. The number of nitriles is 1. The van der Waals surface area contributed by atoms with Gasteiger partial charge in [0.15, 0.2) is 11.6 Å². The summed E-state index contributed by atoms with van der Waals surface area (Å²) < 4.78 is 27.1. The molecule has 0 aliphatic carbocycles. The summed E-state index contributed by atoms with van der Waals surface area (Å²) in [5, 5.41) is 8.57. The summed E-state index contributed by atoms with van der Waals surface area (Å²) in [4.78, 5) is 1.74. The molecule has 0 radical (unpaired) electrons. The van der Waals surface area contributed by atoms with E-state index >= 15 is 0 Å². The minimum absolute atomic E-state index is 0.0758. The van der Waals surface area contributed by atoms with Crippen LogP contribution in [0.1, 0.15) is 26.3 Å². The zero-order chi connectivity index (χ0) is 12.3. The van der Waals surface area contributed by atoms with Crippen molar-refractivity contribution in [3.05, 3.63) is 29.3 Å². The molecule has 0 N–H and O–H groups in total. The standard InChI is InChI=1S/C12H14F2N2/c1-4-16(8(2)3)10-6-5-9(7-15)11(13)12(10)14/h5-6,8H,4H2,1-3H3. The van der Waals surface area contributed by atoms with Crippen molar-refractivity contribution < 1.29 is 8.78 Å². The lowest BCUT2D eigenvalue weighted by molar-refractivity contribution is 0.501. The van der Waals surface area contributed by atoms with Crippen LogP contribution in [0.4, 0.5) is 14.5 Å². The second kappa shape index (κ2) is 4.93. The van der Waals surface area contributed by atoms with E-state index in [1.807, 2.05) is 20.8 Å². The molecular weight excluding hydrogens is 210 g/mol. The van der Waals surface area contributed by atoms with E-state index in [-0.39, 0.29) is 17.3 Å². The highest BCUT2D eigenvalue weighted by molar-refractivity contribution is 5.52. The highest BCUT2D eigenvalue weighted by Gasteiger charge is 2.18. The predicted octanol–water partition coefficient (Wildman–Crippen LogP) is 3.07. The largest absolute Gasteiger partial charge is 0.367 e. The lowest BCUT2D eigenvalue weighted by Gasteiger charge is -2.27. The Kier molecular flexibility index (Phi) is 3.83. The van der Waals surface area contributed by atoms with Gasteiger partial charge in [0.1, 0.15) is 6.07 Å². The van der Waals surface area contributed by atoms with Gasteiger partial charge < -0.3 is 4.90 Å². The van der Waals surface area contributed by atoms with Gasteiger partial charge in [-0.05, 0) is 32.9 Å². The van der Waals surface area contributed by atoms with Crippen molar-refractivity contribution in [3.63, 3.8) is 0 Å². The molecule has 0 aromatic heterocycles. The SMILES string of the molecule is CCN(c1ccc(C#N)c(F)c1F)C(C)C. The molecule has 16 heavy (non-hydrogen) atoms. The first kappa shape index (κ1) is 12.4. The van der Waals surface area contributed by atoms with Crippen molar-refractivity contribution in [1.29, 1.82) is 5.26 Å². The summed E-state index contributed by atoms with van der Waals surface area (Å²) in [6, 6.07) is 4.44. The van der Waals surface area contributed by atoms with Crippen LogP contribution in [0.3, 0.4) is 0 Å². The van der Waals surface area contributed by atoms with Gasteiger partial charge in [-0.15, -0.1) is 0 Å². The van der Waals surface area contributed by atoms with Gasteiger partial charge in [0.25, 0.3) is 0 Å². The van der Waals surface area contributed by atoms with Crippen LogP contribution in [0.2, 0.25) is 0 Å². The molecule has 0 aliphatic rings. The Labute approximate surface area is 94.1 Å². The minimum atomic E-state index is -1.07. The molecule has 0 saturated heterocycles. The number of halogens is 2. The highest BCUT2D eigenvalue weighted by Crippen LogP contribution is 2.25. The van der Waals surface area contributed by atoms with Crippen molar-refractivity contribution >= 4 is 5.69 Å². The summed E-state index contributed by atoms with van der Waals surface area (Å²) in [5.74, 6) is -2.02. The van der Waals surface area contributed by atoms with E-state index < -0.39 is 11.6 Å². The molecule has 0 atom stereocenters. The molecule has 0 saturated carbocycles. The van der Waals surface area contributed by atoms with Gasteiger partial charge in [0, 0.05) is 12.6 Å². The zero-order valence-corrected chi connectivity index (χ0v) is 9.59. The number of benzene rings is 1. The Hall–Kier alpha value is -1.63. The summed E-state index contributed by atoms with van der Waals surface area (Å²) >= 11 is 0. The monoisotopic (exact) mass is 224 g/mol. The van der Waals surface area contributed by atoms with Crippen LogP contribution in [0.15, 0.2) is 12.1 Å². The Morgan fingerprint density at radius 2 is 1.94 bits per heavy atom. The molecule has 0 spiro atoms. The van der Waals surface area contributed by atoms with Gasteiger partial charge in [-0.2, -0.15) is 5.26 Å². The van der Waals surface area contributed by atoms with Crippen LogP contribution in [0, 0.1) is 23.0 Å². The van der Waals surface area contributed by atoms with Crippen LogP contribution in [-0.4, -0.2) is 12.6 Å². The molecule has 0 fully saturated rings. The van der Waals surface area contributed by atoms with Crippen molar-refractivity contribution in [2.45, 2.75) is 26.8 Å². The van der Waals surface area contributed by atoms with E-state index in [0.29, 0.717) is 6.54 Å². The smallest absolute Gasteiger partial charge is 0.183 e. The van der Waals surface area contributed by atoms with Gasteiger partial charge in [-0.25, -0.2) is 8.78 Å². The van der Waals surface area contributed by atoms with E-state index in [9.17, 15) is 8.78 Å². The quantitative estimate of drug-likeness (QED) is 0.789. The highest BCUT2D eigenvalue weighted by atomic mass is 19.2. The molecule has 86 valence electrons. The van der Waals surface area contributed by atoms with E-state index in [2.05, 4.69) is 0 Å². The molecule has 4 heteroatoms. The van der Waals surface area contributed by atoms with Crippen molar-refractivity contribution in [3.8, 4) is 6.07 Å². The number of nitrogens with zero attached hydrogens (tertiary/aromatic N) is 2. The maximum absolute atomic E-state index is 13.7. The van der Waals surface area contributed by atoms with E-state index in [0.717, 1.165) is 0 Å². The number of hydrogen-bond acceptors (Lipinski definition) is 2. The lowest BCUT2D eigenvalue weighted by atomic mass is 10.1. The van der Waals surface area contributed by atoms with E-state index in [1.165, 1.54) is 12.1 Å². The minimum Gasteiger partial charge on any atom is -0.367 e. The fraction of sp³-hybridized carbons (Fsp3) is 0.417. The first-order valence-electron chi connectivity index (χ1n) is 5.17. The number of hydrogen-bond donors (Lipinski definition) is 0. The lowest BCUT2D eigenvalue weighted by Crippen LogP contribution is -2.31. The molecule has 0 bridgehead atoms. The van der Waals surface area contributed by atoms with Crippen LogP contribution < -0.4 is 4.90 Å². The van der Waals surface area contributed by atoms with Gasteiger partial charge in [-0.1, -0.05) is 0 Å². The second-order valence-corrected chi connectivity index (χ2v) is 3.75. The normalized spacial score (nSPS) is 10.3. The molecule has 1 aromatic rings. The molecule has 1 rings (SSSR count). The van der Waals surface area contributed by atoms with Gasteiger partial charge in [0.2, 0.25) is 0 Å².